The fraction of sp³-hybridized carbons (Fsp3) is 0.333. The molecule has 1 aliphatic rings. The maximum atomic E-state index is 12.1. The van der Waals surface area contributed by atoms with Gasteiger partial charge in [-0.05, 0) is 65.6 Å². The molecule has 1 aliphatic carbocycles. The van der Waals surface area contributed by atoms with Crippen molar-refractivity contribution in [1.82, 2.24) is 15.6 Å². The van der Waals surface area contributed by atoms with Gasteiger partial charge in [0.25, 0.3) is 0 Å². The van der Waals surface area contributed by atoms with E-state index in [-0.39, 0.29) is 23.5 Å². The van der Waals surface area contributed by atoms with Gasteiger partial charge in [-0.25, -0.2) is 4.98 Å². The molecule has 2 heterocycles. The maximum Gasteiger partial charge on any atom is 0.235 e. The van der Waals surface area contributed by atoms with E-state index in [4.69, 9.17) is 4.42 Å². The molecule has 1 atom stereocenters. The average Bonchev–Trinajstić information content (AvgIpc) is 3.68. The van der Waals surface area contributed by atoms with Crippen LogP contribution in [0.4, 0.5) is 5.69 Å². The van der Waals surface area contributed by atoms with Gasteiger partial charge in [0.1, 0.15) is 11.5 Å². The van der Waals surface area contributed by atoms with Gasteiger partial charge in [-0.3, -0.25) is 4.79 Å². The van der Waals surface area contributed by atoms with Crippen molar-refractivity contribution in [2.24, 2.45) is 0 Å². The molecule has 0 aliphatic heterocycles. The Kier molecular flexibility index (Phi) is 11.2. The highest BCUT2D eigenvalue weighted by Crippen LogP contribution is 2.49. The lowest BCUT2D eigenvalue weighted by atomic mass is 9.86. The van der Waals surface area contributed by atoms with Crippen LogP contribution in [0.25, 0.3) is 0 Å². The molecule has 9 nitrogen and oxygen atoms in total. The first-order valence-corrected chi connectivity index (χ1v) is 17.8. The van der Waals surface area contributed by atoms with E-state index in [0.717, 1.165) is 36.9 Å². The number of nitrogens with zero attached hydrogens (tertiary/aromatic N) is 1. The summed E-state index contributed by atoms with van der Waals surface area (Å²) in [4.78, 5) is 19.1. The monoisotopic (exact) mass is 680 g/mol. The van der Waals surface area contributed by atoms with E-state index < -0.39 is 11.7 Å². The number of carbonyl (C=O) groups is 1. The molecule has 256 valence electrons. The Morgan fingerprint density at radius 1 is 0.939 bits per heavy atom. The number of benzene rings is 3. The molecule has 0 saturated heterocycles. The van der Waals surface area contributed by atoms with Crippen molar-refractivity contribution >= 4 is 22.9 Å². The average molecular weight is 681 g/mol. The van der Waals surface area contributed by atoms with Crippen molar-refractivity contribution < 1.29 is 24.5 Å². The number of phenolic OH excluding ortho intramolecular Hbond substituents is 1. The highest BCUT2D eigenvalue weighted by Gasteiger charge is 2.38. The number of nitrogens with one attached hydrogen (secondary N) is 3. The quantitative estimate of drug-likeness (QED) is 0.0508. The third kappa shape index (κ3) is 8.29. The molecule has 1 amide bonds. The Morgan fingerprint density at radius 3 is 2.29 bits per heavy atom. The largest absolute Gasteiger partial charge is 0.506 e. The van der Waals surface area contributed by atoms with Crippen LogP contribution in [0.2, 0.25) is 0 Å². The molecular weight excluding hydrogens is 637 g/mol. The predicted octanol–water partition coefficient (Wildman–Crippen LogP) is 6.15. The van der Waals surface area contributed by atoms with Crippen molar-refractivity contribution in [2.75, 3.05) is 25.0 Å². The Bertz CT molecular complexity index is 1780. The van der Waals surface area contributed by atoms with E-state index in [1.807, 2.05) is 60.7 Å². The molecule has 49 heavy (non-hydrogen) atoms. The molecular formula is C39H44N4O5S. The first-order valence-electron chi connectivity index (χ1n) is 17.0. The highest BCUT2D eigenvalue weighted by atomic mass is 32.1. The Hall–Kier alpha value is -4.32. The van der Waals surface area contributed by atoms with Crippen LogP contribution in [0, 0.1) is 0 Å². The van der Waals surface area contributed by atoms with Crippen molar-refractivity contribution in [3.8, 4) is 5.75 Å². The van der Waals surface area contributed by atoms with Crippen LogP contribution in [-0.2, 0) is 29.8 Å². The predicted molar refractivity (Wildman–Crippen MR) is 192 cm³/mol. The van der Waals surface area contributed by atoms with Gasteiger partial charge in [0.15, 0.2) is 5.60 Å². The maximum absolute atomic E-state index is 12.1. The molecule has 1 saturated carbocycles. The van der Waals surface area contributed by atoms with Crippen LogP contribution in [0.1, 0.15) is 81.9 Å². The zero-order chi connectivity index (χ0) is 34.2. The summed E-state index contributed by atoms with van der Waals surface area (Å²) in [6.45, 7) is 4.29. The van der Waals surface area contributed by atoms with Crippen LogP contribution < -0.4 is 16.0 Å². The Morgan fingerprint density at radius 2 is 1.61 bits per heavy atom. The number of hydrogen-bond acceptors (Lipinski definition) is 9. The van der Waals surface area contributed by atoms with Gasteiger partial charge in [-0.15, -0.1) is 11.3 Å². The summed E-state index contributed by atoms with van der Waals surface area (Å²) in [5.41, 5.74) is 1.95. The second-order valence-corrected chi connectivity index (χ2v) is 13.7. The molecule has 6 rings (SSSR count). The van der Waals surface area contributed by atoms with Gasteiger partial charge in [-0.1, -0.05) is 73.7 Å². The van der Waals surface area contributed by atoms with E-state index in [1.165, 1.54) is 9.75 Å². The van der Waals surface area contributed by atoms with Crippen LogP contribution in [0.3, 0.4) is 0 Å². The number of hydrogen-bond donors (Lipinski definition) is 6. The molecule has 0 radical (unpaired) electrons. The molecule has 0 spiro atoms. The number of aromatic hydroxyl groups is 1. The van der Waals surface area contributed by atoms with Crippen molar-refractivity contribution in [3.05, 3.63) is 135 Å². The minimum atomic E-state index is -1.49. The Balaban J connectivity index is 0.963. The minimum Gasteiger partial charge on any atom is -0.506 e. The number of anilines is 1. The normalized spacial score (nSPS) is 13.8. The highest BCUT2D eigenvalue weighted by molar-refractivity contribution is 7.11. The number of aliphatic hydroxyl groups is 2. The van der Waals surface area contributed by atoms with Gasteiger partial charge < -0.3 is 35.7 Å². The number of oxazole rings is 1. The summed E-state index contributed by atoms with van der Waals surface area (Å²) in [5, 5.41) is 43.1. The molecule has 6 N–H and O–H groups in total. The number of phenols is 1. The molecule has 0 bridgehead atoms. The van der Waals surface area contributed by atoms with Crippen LogP contribution in [-0.4, -0.2) is 45.8 Å². The lowest BCUT2D eigenvalue weighted by molar-refractivity contribution is -0.115. The van der Waals surface area contributed by atoms with Gasteiger partial charge in [0, 0.05) is 48.8 Å². The summed E-state index contributed by atoms with van der Waals surface area (Å²) < 4.78 is 6.11. The van der Waals surface area contributed by atoms with E-state index in [0.29, 0.717) is 55.1 Å². The van der Waals surface area contributed by atoms with E-state index in [9.17, 15) is 20.1 Å². The zero-order valence-electron chi connectivity index (χ0n) is 27.7. The Labute approximate surface area is 291 Å². The van der Waals surface area contributed by atoms with Gasteiger partial charge in [0.05, 0.1) is 18.0 Å². The number of aliphatic hydroxyl groups excluding tert-OH is 1. The first-order chi connectivity index (χ1) is 23.9. The van der Waals surface area contributed by atoms with E-state index >= 15 is 0 Å². The fourth-order valence-corrected chi connectivity index (χ4v) is 7.07. The van der Waals surface area contributed by atoms with Crippen LogP contribution in [0.15, 0.2) is 95.5 Å². The summed E-state index contributed by atoms with van der Waals surface area (Å²) in [6, 6.07) is 26.5. The first kappa shape index (κ1) is 34.5. The van der Waals surface area contributed by atoms with Crippen molar-refractivity contribution in [1.29, 1.82) is 0 Å². The summed E-state index contributed by atoms with van der Waals surface area (Å²) in [7, 11) is 0. The number of thiophene rings is 1. The van der Waals surface area contributed by atoms with E-state index in [2.05, 4.69) is 33.1 Å². The van der Waals surface area contributed by atoms with Crippen LogP contribution >= 0.6 is 11.3 Å². The zero-order valence-corrected chi connectivity index (χ0v) is 28.5. The number of amides is 1. The lowest BCUT2D eigenvalue weighted by Crippen LogP contribution is -2.29. The molecule has 10 heteroatoms. The molecule has 3 aromatic carbocycles. The third-order valence-corrected chi connectivity index (χ3v) is 10.0. The standard InChI is InChI=1S/C39H44N4O5S/c1-2-35(46)43-37-33(44)18-17-32(36(37)26-13-14-26)34(45)25-41-22-20-30-15-16-31(49-30)24-40-21-19-29-23-42-38(48-29)39(47,27-9-5-3-6-10-27)28-11-7-4-8-12-28/h3-12,15-18,23,26,34,40-41,44-45,47H,2,13-14,19-22,24-25H2,1H3,(H,43,46). The summed E-state index contributed by atoms with van der Waals surface area (Å²) in [5.74, 6) is 1.08. The smallest absolute Gasteiger partial charge is 0.235 e. The van der Waals surface area contributed by atoms with Crippen LogP contribution in [0.5, 0.6) is 5.75 Å². The number of rotatable bonds is 17. The number of aromatic nitrogens is 1. The fourth-order valence-electron chi connectivity index (χ4n) is 6.08. The summed E-state index contributed by atoms with van der Waals surface area (Å²) >= 11 is 1.76. The molecule has 5 aromatic rings. The van der Waals surface area contributed by atoms with E-state index in [1.54, 1.807) is 36.6 Å². The van der Waals surface area contributed by atoms with Gasteiger partial charge in [-0.2, -0.15) is 0 Å². The third-order valence-electron chi connectivity index (χ3n) is 8.88. The summed E-state index contributed by atoms with van der Waals surface area (Å²) in [6.07, 6.45) is 4.70. The second kappa shape index (κ2) is 15.9. The lowest BCUT2D eigenvalue weighted by Gasteiger charge is -2.26. The van der Waals surface area contributed by atoms with Crippen molar-refractivity contribution in [3.63, 3.8) is 0 Å². The van der Waals surface area contributed by atoms with Crippen molar-refractivity contribution in [2.45, 2.75) is 63.2 Å². The topological polar surface area (TPSA) is 140 Å². The minimum absolute atomic E-state index is 0.0399. The molecule has 2 aromatic heterocycles. The molecule has 1 unspecified atom stereocenters. The van der Waals surface area contributed by atoms with Gasteiger partial charge in [0.2, 0.25) is 11.8 Å². The SMILES string of the molecule is CCC(=O)Nc1c(O)ccc(C(O)CNCCc2ccc(CNCCc3cnc(C(O)(c4ccccc4)c4ccccc4)o3)s2)c1C1CC1. The van der Waals surface area contributed by atoms with Gasteiger partial charge >= 0.3 is 0 Å². The number of carbonyl (C=O) groups excluding carboxylic acids is 1. The second-order valence-electron chi connectivity index (χ2n) is 12.5. The molecule has 1 fully saturated rings.